The SMILES string of the molecule is [2H]c1c([2H])c(-n2c3ccccc3c3cc4c(cc32)oc2ccccc24)c([2H])c([2H])c1-c1nc(-c2ccccc2)nc(-c2ccccc2)n1. The molecule has 0 radical (unpaired) electrons. The third kappa shape index (κ3) is 3.91. The van der Waals surface area contributed by atoms with Crippen LogP contribution in [0, 0.1) is 0 Å². The van der Waals surface area contributed by atoms with E-state index < -0.39 is 0 Å². The largest absolute Gasteiger partial charge is 0.456 e. The van der Waals surface area contributed by atoms with Gasteiger partial charge in [-0.2, -0.15) is 0 Å². The predicted octanol–water partition coefficient (Wildman–Crippen LogP) is 9.87. The number of hydrogen-bond donors (Lipinski definition) is 0. The maximum Gasteiger partial charge on any atom is 0.164 e. The van der Waals surface area contributed by atoms with Gasteiger partial charge in [-0.25, -0.2) is 15.0 Å². The van der Waals surface area contributed by atoms with E-state index in [9.17, 15) is 5.48 Å². The van der Waals surface area contributed by atoms with E-state index in [1.165, 1.54) is 0 Å². The van der Waals surface area contributed by atoms with Crippen molar-refractivity contribution in [3.63, 3.8) is 0 Å². The van der Waals surface area contributed by atoms with Gasteiger partial charge in [0, 0.05) is 50.0 Å². The molecule has 44 heavy (non-hydrogen) atoms. The summed E-state index contributed by atoms with van der Waals surface area (Å²) in [7, 11) is 0. The molecule has 206 valence electrons. The van der Waals surface area contributed by atoms with Gasteiger partial charge < -0.3 is 8.98 Å². The van der Waals surface area contributed by atoms with Crippen molar-refractivity contribution in [3.8, 4) is 39.9 Å². The fraction of sp³-hybridized carbons (Fsp3) is 0. The average molecular weight is 569 g/mol. The molecule has 3 heterocycles. The van der Waals surface area contributed by atoms with Crippen molar-refractivity contribution in [1.82, 2.24) is 19.5 Å². The highest BCUT2D eigenvalue weighted by molar-refractivity contribution is 6.17. The van der Waals surface area contributed by atoms with E-state index in [-0.39, 0.29) is 41.2 Å². The predicted molar refractivity (Wildman–Crippen MR) is 178 cm³/mol. The summed E-state index contributed by atoms with van der Waals surface area (Å²) < 4.78 is 45.2. The Morgan fingerprint density at radius 2 is 1.02 bits per heavy atom. The molecule has 3 aromatic heterocycles. The van der Waals surface area contributed by atoms with E-state index in [1.54, 1.807) is 4.57 Å². The van der Waals surface area contributed by atoms with Crippen molar-refractivity contribution in [3.05, 3.63) is 145 Å². The van der Waals surface area contributed by atoms with E-state index in [2.05, 4.69) is 6.07 Å². The monoisotopic (exact) mass is 568 g/mol. The molecule has 0 saturated carbocycles. The van der Waals surface area contributed by atoms with Crippen LogP contribution in [0.3, 0.4) is 0 Å². The second-order valence-electron chi connectivity index (χ2n) is 10.6. The number of furan rings is 1. The van der Waals surface area contributed by atoms with Crippen molar-refractivity contribution in [2.24, 2.45) is 0 Å². The standard InChI is InChI=1S/C39H24N4O/c1-3-11-25(12-4-1)37-40-38(26-13-5-2-6-14-26)42-39(41-37)27-19-21-28(22-20-27)43-33-17-9-7-15-29(33)31-23-32-30-16-8-10-18-35(30)44-36(32)24-34(31)43/h1-24H/i19D,20D,21D,22D. The van der Waals surface area contributed by atoms with Crippen molar-refractivity contribution in [1.29, 1.82) is 0 Å². The molecule has 0 spiro atoms. The fourth-order valence-electron chi connectivity index (χ4n) is 5.88. The molecule has 5 heteroatoms. The Hall–Kier alpha value is -6.07. The van der Waals surface area contributed by atoms with E-state index in [0.717, 1.165) is 43.8 Å². The summed E-state index contributed by atoms with van der Waals surface area (Å²) in [6.07, 6.45) is 0. The topological polar surface area (TPSA) is 56.7 Å². The third-order valence-electron chi connectivity index (χ3n) is 7.93. The molecule has 0 aliphatic carbocycles. The van der Waals surface area contributed by atoms with E-state index in [1.807, 2.05) is 115 Å². The zero-order valence-corrected chi connectivity index (χ0v) is 23.2. The lowest BCUT2D eigenvalue weighted by atomic mass is 10.1. The first-order chi connectivity index (χ1) is 23.5. The molecule has 9 rings (SSSR count). The summed E-state index contributed by atoms with van der Waals surface area (Å²) in [6.45, 7) is 0. The maximum absolute atomic E-state index is 9.33. The Morgan fingerprint density at radius 1 is 0.455 bits per heavy atom. The molecular formula is C39H24N4O. The zero-order chi connectivity index (χ0) is 32.5. The number of para-hydroxylation sites is 2. The van der Waals surface area contributed by atoms with Crippen molar-refractivity contribution in [2.45, 2.75) is 0 Å². The lowest BCUT2D eigenvalue weighted by Crippen LogP contribution is -2.00. The summed E-state index contributed by atoms with van der Waals surface area (Å²) in [5.41, 5.74) is 4.55. The van der Waals surface area contributed by atoms with Gasteiger partial charge in [0.25, 0.3) is 0 Å². The zero-order valence-electron chi connectivity index (χ0n) is 27.2. The van der Waals surface area contributed by atoms with Crippen LogP contribution in [0.15, 0.2) is 150 Å². The van der Waals surface area contributed by atoms with Crippen molar-refractivity contribution < 1.29 is 9.90 Å². The van der Waals surface area contributed by atoms with Crippen LogP contribution in [0.2, 0.25) is 0 Å². The number of hydrogen-bond acceptors (Lipinski definition) is 4. The first kappa shape index (κ1) is 20.8. The summed E-state index contributed by atoms with van der Waals surface area (Å²) in [6, 6.07) is 37.7. The van der Waals surface area contributed by atoms with Crippen LogP contribution >= 0.6 is 0 Å². The summed E-state index contributed by atoms with van der Waals surface area (Å²) in [4.78, 5) is 14.1. The van der Waals surface area contributed by atoms with Gasteiger partial charge in [0.1, 0.15) is 11.2 Å². The molecule has 5 nitrogen and oxygen atoms in total. The highest BCUT2D eigenvalue weighted by Gasteiger charge is 2.17. The van der Waals surface area contributed by atoms with Crippen LogP contribution in [0.25, 0.3) is 83.6 Å². The van der Waals surface area contributed by atoms with Crippen LogP contribution in [-0.4, -0.2) is 19.5 Å². The van der Waals surface area contributed by atoms with Crippen LogP contribution in [0.5, 0.6) is 0 Å². The van der Waals surface area contributed by atoms with Gasteiger partial charge in [0.05, 0.1) is 16.5 Å². The molecule has 0 bridgehead atoms. The Morgan fingerprint density at radius 3 is 1.70 bits per heavy atom. The van der Waals surface area contributed by atoms with Gasteiger partial charge in [-0.15, -0.1) is 0 Å². The van der Waals surface area contributed by atoms with Crippen LogP contribution < -0.4 is 0 Å². The number of nitrogens with zero attached hydrogens (tertiary/aromatic N) is 4. The van der Waals surface area contributed by atoms with Crippen LogP contribution in [0.1, 0.15) is 5.48 Å². The second kappa shape index (κ2) is 9.75. The molecule has 0 aliphatic heterocycles. The van der Waals surface area contributed by atoms with Crippen molar-refractivity contribution >= 4 is 43.7 Å². The van der Waals surface area contributed by atoms with E-state index in [0.29, 0.717) is 22.7 Å². The first-order valence-electron chi connectivity index (χ1n) is 16.3. The lowest BCUT2D eigenvalue weighted by Gasteiger charge is -2.10. The van der Waals surface area contributed by atoms with Crippen molar-refractivity contribution in [2.75, 3.05) is 0 Å². The molecule has 0 fully saturated rings. The number of aromatic nitrogens is 4. The molecular weight excluding hydrogens is 540 g/mol. The molecule has 0 unspecified atom stereocenters. The van der Waals surface area contributed by atoms with Crippen LogP contribution in [0.4, 0.5) is 0 Å². The van der Waals surface area contributed by atoms with Gasteiger partial charge in [-0.05, 0) is 42.4 Å². The van der Waals surface area contributed by atoms with E-state index in [4.69, 9.17) is 19.4 Å². The first-order valence-corrected chi connectivity index (χ1v) is 14.3. The van der Waals surface area contributed by atoms with Crippen LogP contribution in [-0.2, 0) is 0 Å². The molecule has 0 atom stereocenters. The Kier molecular flexibility index (Phi) is 4.60. The minimum atomic E-state index is -0.244. The number of fused-ring (bicyclic) bond motifs is 6. The van der Waals surface area contributed by atoms with Gasteiger partial charge in [-0.1, -0.05) is 97.1 Å². The Balaban J connectivity index is 1.31. The lowest BCUT2D eigenvalue weighted by molar-refractivity contribution is 0.669. The summed E-state index contributed by atoms with van der Waals surface area (Å²) in [5, 5.41) is 3.82. The van der Waals surface area contributed by atoms with Gasteiger partial charge in [0.15, 0.2) is 17.5 Å². The average Bonchev–Trinajstić information content (AvgIpc) is 3.65. The third-order valence-corrected chi connectivity index (χ3v) is 7.93. The normalized spacial score (nSPS) is 12.9. The fourth-order valence-corrected chi connectivity index (χ4v) is 5.88. The molecule has 9 aromatic rings. The number of rotatable bonds is 4. The molecule has 0 amide bonds. The molecule has 6 aromatic carbocycles. The highest BCUT2D eigenvalue weighted by Crippen LogP contribution is 2.38. The summed E-state index contributed by atoms with van der Waals surface area (Å²) >= 11 is 0. The van der Waals surface area contributed by atoms with Gasteiger partial charge in [0.2, 0.25) is 0 Å². The molecule has 0 N–H and O–H groups in total. The minimum absolute atomic E-state index is 0.00551. The highest BCUT2D eigenvalue weighted by atomic mass is 16.3. The van der Waals surface area contributed by atoms with Gasteiger partial charge in [-0.3, -0.25) is 0 Å². The van der Waals surface area contributed by atoms with Gasteiger partial charge >= 0.3 is 0 Å². The second-order valence-corrected chi connectivity index (χ2v) is 10.6. The smallest absolute Gasteiger partial charge is 0.164 e. The van der Waals surface area contributed by atoms with E-state index >= 15 is 0 Å². The molecule has 0 saturated heterocycles. The summed E-state index contributed by atoms with van der Waals surface area (Å²) in [5.74, 6) is 0.813. The molecule has 0 aliphatic rings. The quantitative estimate of drug-likeness (QED) is 0.212. The maximum atomic E-state index is 9.33. The Labute approximate surface area is 258 Å². The Bertz CT molecular complexity index is 2640. The number of benzene rings is 6. The minimum Gasteiger partial charge on any atom is -0.456 e.